The van der Waals surface area contributed by atoms with E-state index in [2.05, 4.69) is 20.9 Å². The lowest BCUT2D eigenvalue weighted by Gasteiger charge is -2.22. The molecule has 0 unspecified atom stereocenters. The lowest BCUT2D eigenvalue weighted by molar-refractivity contribution is -0.130. The molecular formula is C14H18BrN3O2. The number of pyridine rings is 1. The molecule has 1 aromatic heterocycles. The first-order chi connectivity index (χ1) is 9.61. The Morgan fingerprint density at radius 2 is 1.95 bits per heavy atom. The third-order valence-corrected chi connectivity index (χ3v) is 3.85. The Labute approximate surface area is 127 Å². The number of nitrogens with zero attached hydrogens (tertiary/aromatic N) is 3. The van der Waals surface area contributed by atoms with Gasteiger partial charge in [0.2, 0.25) is 5.91 Å². The van der Waals surface area contributed by atoms with Crippen molar-refractivity contribution in [2.24, 2.45) is 0 Å². The second-order valence-corrected chi connectivity index (χ2v) is 5.56. The molecule has 2 amide bonds. The van der Waals surface area contributed by atoms with Crippen LogP contribution in [0.3, 0.4) is 0 Å². The van der Waals surface area contributed by atoms with Gasteiger partial charge in [-0.3, -0.25) is 9.59 Å². The Balaban J connectivity index is 2.03. The summed E-state index contributed by atoms with van der Waals surface area (Å²) < 4.78 is 0.654. The highest BCUT2D eigenvalue weighted by atomic mass is 79.9. The first-order valence-electron chi connectivity index (χ1n) is 6.80. The van der Waals surface area contributed by atoms with E-state index in [0.717, 1.165) is 13.0 Å². The Bertz CT molecular complexity index is 507. The van der Waals surface area contributed by atoms with E-state index >= 15 is 0 Å². The maximum absolute atomic E-state index is 12.4. The van der Waals surface area contributed by atoms with Crippen molar-refractivity contribution in [3.63, 3.8) is 0 Å². The molecule has 2 heterocycles. The molecule has 0 saturated carbocycles. The highest BCUT2D eigenvalue weighted by molar-refractivity contribution is 9.10. The molecule has 2 rings (SSSR count). The van der Waals surface area contributed by atoms with Gasteiger partial charge < -0.3 is 9.80 Å². The van der Waals surface area contributed by atoms with E-state index in [9.17, 15) is 9.59 Å². The minimum atomic E-state index is -0.00102. The third-order valence-electron chi connectivity index (χ3n) is 3.41. The Morgan fingerprint density at radius 3 is 2.65 bits per heavy atom. The van der Waals surface area contributed by atoms with Gasteiger partial charge in [0, 0.05) is 44.4 Å². The Hall–Kier alpha value is -1.43. The molecule has 6 heteroatoms. The van der Waals surface area contributed by atoms with Gasteiger partial charge in [0.15, 0.2) is 0 Å². The van der Waals surface area contributed by atoms with Crippen LogP contribution in [0.5, 0.6) is 0 Å². The van der Waals surface area contributed by atoms with Crippen molar-refractivity contribution in [2.75, 3.05) is 26.2 Å². The normalized spacial score (nSPS) is 15.9. The summed E-state index contributed by atoms with van der Waals surface area (Å²) in [6.07, 6.45) is 2.96. The molecule has 0 bridgehead atoms. The minimum absolute atomic E-state index is 0.00102. The lowest BCUT2D eigenvalue weighted by atomic mass is 10.2. The summed E-state index contributed by atoms with van der Waals surface area (Å²) in [7, 11) is 0. The van der Waals surface area contributed by atoms with Gasteiger partial charge >= 0.3 is 0 Å². The number of carbonyl (C=O) groups is 2. The van der Waals surface area contributed by atoms with Crippen LogP contribution in [0.2, 0.25) is 0 Å². The fourth-order valence-electron chi connectivity index (χ4n) is 2.31. The number of rotatable bonds is 2. The summed E-state index contributed by atoms with van der Waals surface area (Å²) in [4.78, 5) is 31.8. The lowest BCUT2D eigenvalue weighted by Crippen LogP contribution is -2.37. The molecule has 5 nitrogen and oxygen atoms in total. The Kier molecular flexibility index (Phi) is 5.11. The van der Waals surface area contributed by atoms with Crippen molar-refractivity contribution in [1.82, 2.24) is 14.8 Å². The van der Waals surface area contributed by atoms with E-state index < -0.39 is 0 Å². The molecule has 1 saturated heterocycles. The molecule has 0 N–H and O–H groups in total. The highest BCUT2D eigenvalue weighted by Gasteiger charge is 2.22. The topological polar surface area (TPSA) is 53.5 Å². The molecule has 108 valence electrons. The van der Waals surface area contributed by atoms with E-state index in [0.29, 0.717) is 36.2 Å². The number of hydrogen-bond acceptors (Lipinski definition) is 3. The zero-order valence-corrected chi connectivity index (χ0v) is 13.1. The summed E-state index contributed by atoms with van der Waals surface area (Å²) in [6, 6.07) is 3.44. The van der Waals surface area contributed by atoms with E-state index in [1.54, 1.807) is 18.3 Å². The second-order valence-electron chi connectivity index (χ2n) is 4.75. The fourth-order valence-corrected chi connectivity index (χ4v) is 2.68. The van der Waals surface area contributed by atoms with Crippen LogP contribution >= 0.6 is 15.9 Å². The molecule has 0 aliphatic carbocycles. The van der Waals surface area contributed by atoms with Crippen molar-refractivity contribution in [2.45, 2.75) is 19.8 Å². The first-order valence-corrected chi connectivity index (χ1v) is 7.59. The summed E-state index contributed by atoms with van der Waals surface area (Å²) in [5.41, 5.74) is 0.627. The van der Waals surface area contributed by atoms with Gasteiger partial charge in [-0.1, -0.05) is 6.92 Å². The summed E-state index contributed by atoms with van der Waals surface area (Å²) in [6.45, 7) is 4.49. The van der Waals surface area contributed by atoms with Gasteiger partial charge in [0.05, 0.1) is 0 Å². The van der Waals surface area contributed by atoms with Gasteiger partial charge in [-0.25, -0.2) is 4.98 Å². The van der Waals surface area contributed by atoms with Gasteiger partial charge in [0.25, 0.3) is 5.91 Å². The minimum Gasteiger partial charge on any atom is -0.341 e. The van der Waals surface area contributed by atoms with Gasteiger partial charge in [0.1, 0.15) is 4.60 Å². The largest absolute Gasteiger partial charge is 0.341 e. The van der Waals surface area contributed by atoms with Crippen LogP contribution < -0.4 is 0 Å². The van der Waals surface area contributed by atoms with Gasteiger partial charge in [-0.15, -0.1) is 0 Å². The number of carbonyl (C=O) groups excluding carboxylic acids is 2. The van der Waals surface area contributed by atoms with Crippen molar-refractivity contribution in [3.05, 3.63) is 28.5 Å². The zero-order chi connectivity index (χ0) is 14.5. The molecule has 0 spiro atoms. The van der Waals surface area contributed by atoms with Crippen LogP contribution in [0.15, 0.2) is 22.9 Å². The molecule has 0 aromatic carbocycles. The molecule has 1 aromatic rings. The first kappa shape index (κ1) is 15.0. The van der Waals surface area contributed by atoms with E-state index in [4.69, 9.17) is 0 Å². The number of hydrogen-bond donors (Lipinski definition) is 0. The van der Waals surface area contributed by atoms with Crippen LogP contribution in [0.25, 0.3) is 0 Å². The van der Waals surface area contributed by atoms with Crippen LogP contribution in [0.1, 0.15) is 30.1 Å². The van der Waals surface area contributed by atoms with Gasteiger partial charge in [-0.05, 0) is 34.5 Å². The summed E-state index contributed by atoms with van der Waals surface area (Å²) in [5.74, 6) is 0.157. The standard InChI is InChI=1S/C14H18BrN3O2/c1-2-13(19)17-6-3-7-18(9-8-17)14(20)11-4-5-16-12(15)10-11/h4-5,10H,2-3,6-9H2,1H3. The van der Waals surface area contributed by atoms with Crippen LogP contribution in [-0.4, -0.2) is 52.8 Å². The quantitative estimate of drug-likeness (QED) is 0.773. The van der Waals surface area contributed by atoms with Crippen molar-refractivity contribution < 1.29 is 9.59 Å². The molecule has 1 aliphatic rings. The van der Waals surface area contributed by atoms with Gasteiger partial charge in [-0.2, -0.15) is 0 Å². The third kappa shape index (κ3) is 3.56. The number of halogens is 1. The van der Waals surface area contributed by atoms with Crippen LogP contribution in [0.4, 0.5) is 0 Å². The molecular weight excluding hydrogens is 322 g/mol. The maximum Gasteiger partial charge on any atom is 0.254 e. The van der Waals surface area contributed by atoms with Crippen molar-refractivity contribution in [1.29, 1.82) is 0 Å². The molecule has 0 radical (unpaired) electrons. The maximum atomic E-state index is 12.4. The Morgan fingerprint density at radius 1 is 1.25 bits per heavy atom. The van der Waals surface area contributed by atoms with Crippen LogP contribution in [0, 0.1) is 0 Å². The highest BCUT2D eigenvalue weighted by Crippen LogP contribution is 2.13. The zero-order valence-electron chi connectivity index (χ0n) is 11.5. The molecule has 1 fully saturated rings. The van der Waals surface area contributed by atoms with E-state index in [1.165, 1.54) is 0 Å². The molecule has 0 atom stereocenters. The van der Waals surface area contributed by atoms with E-state index in [-0.39, 0.29) is 11.8 Å². The number of amides is 2. The monoisotopic (exact) mass is 339 g/mol. The summed E-state index contributed by atoms with van der Waals surface area (Å²) >= 11 is 3.27. The predicted octanol–water partition coefficient (Wildman–Crippen LogP) is 1.93. The second kappa shape index (κ2) is 6.83. The molecule has 1 aliphatic heterocycles. The van der Waals surface area contributed by atoms with E-state index in [1.807, 2.05) is 16.7 Å². The molecule has 20 heavy (non-hydrogen) atoms. The SMILES string of the molecule is CCC(=O)N1CCCN(C(=O)c2ccnc(Br)c2)CC1. The number of aromatic nitrogens is 1. The fraction of sp³-hybridized carbons (Fsp3) is 0.500. The predicted molar refractivity (Wildman–Crippen MR) is 79.3 cm³/mol. The average molecular weight is 340 g/mol. The summed E-state index contributed by atoms with van der Waals surface area (Å²) in [5, 5.41) is 0. The van der Waals surface area contributed by atoms with Crippen molar-refractivity contribution in [3.8, 4) is 0 Å². The average Bonchev–Trinajstić information content (AvgIpc) is 2.71. The van der Waals surface area contributed by atoms with Crippen LogP contribution in [-0.2, 0) is 4.79 Å². The van der Waals surface area contributed by atoms with Crippen molar-refractivity contribution >= 4 is 27.7 Å². The smallest absolute Gasteiger partial charge is 0.254 e.